The summed E-state index contributed by atoms with van der Waals surface area (Å²) in [6.07, 6.45) is 2.11. The molecular formula is C33H31FN6O2S. The first-order chi connectivity index (χ1) is 20.9. The summed E-state index contributed by atoms with van der Waals surface area (Å²) >= 11 is 1.69. The zero-order valence-electron chi connectivity index (χ0n) is 23.9. The highest BCUT2D eigenvalue weighted by Crippen LogP contribution is 2.40. The first-order valence-electron chi connectivity index (χ1n) is 14.3. The minimum Gasteiger partial charge on any atom is -0.475 e. The Bertz CT molecular complexity index is 1810. The van der Waals surface area contributed by atoms with Crippen molar-refractivity contribution in [1.29, 1.82) is 5.26 Å². The molecule has 0 unspecified atom stereocenters. The molecule has 4 heterocycles. The highest BCUT2D eigenvalue weighted by Gasteiger charge is 2.36. The van der Waals surface area contributed by atoms with E-state index in [2.05, 4.69) is 53.0 Å². The second-order valence-electron chi connectivity index (χ2n) is 11.1. The van der Waals surface area contributed by atoms with E-state index in [0.717, 1.165) is 35.9 Å². The van der Waals surface area contributed by atoms with E-state index in [1.165, 1.54) is 15.0 Å². The number of benzene rings is 2. The Labute approximate surface area is 254 Å². The van der Waals surface area contributed by atoms with Crippen LogP contribution < -0.4 is 9.64 Å². The van der Waals surface area contributed by atoms with Crippen LogP contribution in [0.5, 0.6) is 5.88 Å². The average molecular weight is 595 g/mol. The molecule has 10 heteroatoms. The van der Waals surface area contributed by atoms with Crippen molar-refractivity contribution in [2.45, 2.75) is 24.9 Å². The maximum atomic E-state index is 13.8. The number of thiophene rings is 1. The standard InChI is InChI=1S/C33H31FN6O2S/c1-21(34)33(41)40-14-13-39(19-24(40)18-36-2)31-27-10-9-22(25-7-4-8-30-26(25)11-15-43-30)16-29(27)37-32(28(31)17-35)42-20-23-6-5-12-38(23)3/h4,7-11,15-16,23-24H,1,5-6,12-14,18-20H2,3H3/t23-,24-/m0/s1. The number of nitriles is 1. The summed E-state index contributed by atoms with van der Waals surface area (Å²) in [6, 6.07) is 16.5. The van der Waals surface area contributed by atoms with Gasteiger partial charge in [0, 0.05) is 41.1 Å². The molecule has 2 aliphatic rings. The molecule has 2 fully saturated rings. The summed E-state index contributed by atoms with van der Waals surface area (Å²) in [4.78, 5) is 26.6. The van der Waals surface area contributed by atoms with Gasteiger partial charge < -0.3 is 24.3 Å². The number of amides is 1. The molecule has 0 aliphatic carbocycles. The number of carbonyl (C=O) groups excluding carboxylic acids is 1. The number of likely N-dealkylation sites (N-methyl/N-ethyl adjacent to an activating group) is 1. The number of aromatic nitrogens is 1. The van der Waals surface area contributed by atoms with Gasteiger partial charge in [0.05, 0.1) is 11.2 Å². The van der Waals surface area contributed by atoms with Crippen molar-refractivity contribution in [3.05, 3.63) is 77.2 Å². The second kappa shape index (κ2) is 12.0. The third-order valence-electron chi connectivity index (χ3n) is 8.52. The van der Waals surface area contributed by atoms with E-state index < -0.39 is 17.8 Å². The van der Waals surface area contributed by atoms with Crippen LogP contribution in [-0.2, 0) is 4.79 Å². The minimum atomic E-state index is -1.05. The first kappa shape index (κ1) is 28.6. The van der Waals surface area contributed by atoms with Crippen LogP contribution in [0.2, 0.25) is 0 Å². The Morgan fingerprint density at radius 1 is 1.23 bits per heavy atom. The smallest absolute Gasteiger partial charge is 0.282 e. The molecule has 2 atom stereocenters. The van der Waals surface area contributed by atoms with Crippen molar-refractivity contribution in [2.24, 2.45) is 0 Å². The Morgan fingerprint density at radius 2 is 2.09 bits per heavy atom. The average Bonchev–Trinajstić information content (AvgIpc) is 3.67. The molecule has 2 aromatic carbocycles. The fourth-order valence-electron chi connectivity index (χ4n) is 6.28. The van der Waals surface area contributed by atoms with E-state index in [1.807, 2.05) is 29.2 Å². The number of hydrogen-bond acceptors (Lipinski definition) is 7. The third kappa shape index (κ3) is 5.40. The second-order valence-corrected chi connectivity index (χ2v) is 12.0. The van der Waals surface area contributed by atoms with Crippen LogP contribution in [0.25, 0.3) is 37.0 Å². The fraction of sp³-hybridized carbons (Fsp3) is 0.333. The molecule has 0 saturated carbocycles. The van der Waals surface area contributed by atoms with Crippen molar-refractivity contribution in [2.75, 3.05) is 51.3 Å². The minimum absolute atomic E-state index is 0.00654. The lowest BCUT2D eigenvalue weighted by molar-refractivity contribution is -0.131. The van der Waals surface area contributed by atoms with E-state index in [0.29, 0.717) is 29.9 Å². The molecule has 0 N–H and O–H groups in total. The summed E-state index contributed by atoms with van der Waals surface area (Å²) in [5.74, 6) is -1.57. The predicted molar refractivity (Wildman–Crippen MR) is 168 cm³/mol. The molecule has 8 nitrogen and oxygen atoms in total. The maximum absolute atomic E-state index is 13.8. The maximum Gasteiger partial charge on any atom is 0.282 e. The summed E-state index contributed by atoms with van der Waals surface area (Å²) in [5, 5.41) is 14.5. The quantitative estimate of drug-likeness (QED) is 0.197. The van der Waals surface area contributed by atoms with Gasteiger partial charge in [-0.1, -0.05) is 30.8 Å². The normalized spacial score (nSPS) is 19.0. The van der Waals surface area contributed by atoms with Gasteiger partial charge in [0.2, 0.25) is 12.4 Å². The lowest BCUT2D eigenvalue weighted by atomic mass is 9.98. The van der Waals surface area contributed by atoms with E-state index in [1.54, 1.807) is 11.3 Å². The van der Waals surface area contributed by atoms with E-state index in [-0.39, 0.29) is 31.6 Å². The molecule has 0 bridgehead atoms. The molecule has 0 spiro atoms. The SMILES string of the molecule is [C-]#[N+]C[C@H]1CN(c2c(C#N)c(OC[C@@H]3CCCN3C)nc3cc(-c4cccc5sccc45)ccc23)CCN1C(=O)C(=C)F. The highest BCUT2D eigenvalue weighted by atomic mass is 32.1. The number of ether oxygens (including phenoxy) is 1. The number of nitrogens with zero attached hydrogens (tertiary/aromatic N) is 6. The van der Waals surface area contributed by atoms with Gasteiger partial charge in [-0.15, -0.1) is 11.3 Å². The number of hydrogen-bond donors (Lipinski definition) is 0. The Balaban J connectivity index is 1.46. The lowest BCUT2D eigenvalue weighted by Gasteiger charge is -2.40. The van der Waals surface area contributed by atoms with Gasteiger partial charge in [-0.25, -0.2) is 15.9 Å². The molecule has 6 rings (SSSR count). The van der Waals surface area contributed by atoms with Crippen molar-refractivity contribution in [3.63, 3.8) is 0 Å². The highest BCUT2D eigenvalue weighted by molar-refractivity contribution is 7.17. The Morgan fingerprint density at radius 3 is 2.84 bits per heavy atom. The van der Waals surface area contributed by atoms with Gasteiger partial charge in [0.25, 0.3) is 5.91 Å². The van der Waals surface area contributed by atoms with Crippen LogP contribution in [0.4, 0.5) is 10.1 Å². The van der Waals surface area contributed by atoms with Crippen LogP contribution in [0.3, 0.4) is 0 Å². The summed E-state index contributed by atoms with van der Waals surface area (Å²) in [6.45, 7) is 12.9. The zero-order valence-corrected chi connectivity index (χ0v) is 24.7. The summed E-state index contributed by atoms with van der Waals surface area (Å²) < 4.78 is 21.4. The van der Waals surface area contributed by atoms with Gasteiger partial charge in [-0.3, -0.25) is 4.79 Å². The topological polar surface area (TPSA) is 77.1 Å². The summed E-state index contributed by atoms with van der Waals surface area (Å²) in [7, 11) is 2.08. The largest absolute Gasteiger partial charge is 0.475 e. The van der Waals surface area contributed by atoms with Gasteiger partial charge >= 0.3 is 0 Å². The number of pyridine rings is 1. The van der Waals surface area contributed by atoms with Gasteiger partial charge in [0.1, 0.15) is 24.3 Å². The zero-order chi connectivity index (χ0) is 30.1. The fourth-order valence-corrected chi connectivity index (χ4v) is 7.09. The number of likely N-dealkylation sites (tertiary alicyclic amines) is 1. The Hall–Kier alpha value is -4.51. The van der Waals surface area contributed by atoms with Crippen molar-refractivity contribution >= 4 is 43.9 Å². The number of fused-ring (bicyclic) bond motifs is 2. The van der Waals surface area contributed by atoms with Gasteiger partial charge in [-0.2, -0.15) is 5.26 Å². The van der Waals surface area contributed by atoms with Crippen LogP contribution >= 0.6 is 11.3 Å². The van der Waals surface area contributed by atoms with E-state index >= 15 is 0 Å². The summed E-state index contributed by atoms with van der Waals surface area (Å²) in [5.41, 5.74) is 3.76. The molecule has 2 aliphatic heterocycles. The molecule has 43 heavy (non-hydrogen) atoms. The molecule has 1 amide bonds. The van der Waals surface area contributed by atoms with Crippen molar-refractivity contribution in [3.8, 4) is 23.1 Å². The number of carbonyl (C=O) groups is 1. The predicted octanol–water partition coefficient (Wildman–Crippen LogP) is 5.88. The van der Waals surface area contributed by atoms with Gasteiger partial charge in [0.15, 0.2) is 5.83 Å². The van der Waals surface area contributed by atoms with Crippen LogP contribution in [-0.4, -0.2) is 79.2 Å². The van der Waals surface area contributed by atoms with Crippen LogP contribution in [0, 0.1) is 17.9 Å². The third-order valence-corrected chi connectivity index (χ3v) is 9.40. The number of anilines is 1. The monoisotopic (exact) mass is 594 g/mol. The van der Waals surface area contributed by atoms with E-state index in [9.17, 15) is 14.4 Å². The molecule has 218 valence electrons. The van der Waals surface area contributed by atoms with Crippen molar-refractivity contribution < 1.29 is 13.9 Å². The Kier molecular flexibility index (Phi) is 7.98. The number of piperazine rings is 1. The molecule has 0 radical (unpaired) electrons. The molecule has 2 aromatic heterocycles. The van der Waals surface area contributed by atoms with Crippen LogP contribution in [0.1, 0.15) is 18.4 Å². The van der Waals surface area contributed by atoms with E-state index in [4.69, 9.17) is 16.3 Å². The molecular weight excluding hydrogens is 563 g/mol. The van der Waals surface area contributed by atoms with Crippen molar-refractivity contribution in [1.82, 2.24) is 14.8 Å². The van der Waals surface area contributed by atoms with Gasteiger partial charge in [-0.05, 0) is 61.1 Å². The first-order valence-corrected chi connectivity index (χ1v) is 15.2. The lowest BCUT2D eigenvalue weighted by Crippen LogP contribution is -2.56. The van der Waals surface area contributed by atoms with Crippen LogP contribution in [0.15, 0.2) is 60.3 Å². The molecule has 4 aromatic rings. The molecule has 2 saturated heterocycles. The number of halogens is 1. The number of rotatable bonds is 7.